The van der Waals surface area contributed by atoms with Crippen LogP contribution in [-0.2, 0) is 17.6 Å². The predicted octanol–water partition coefficient (Wildman–Crippen LogP) is 4.59. The Morgan fingerprint density at radius 1 is 1.17 bits per heavy atom. The third-order valence-electron chi connectivity index (χ3n) is 5.69. The molecule has 7 heteroatoms. The lowest BCUT2D eigenvalue weighted by Gasteiger charge is -2.19. The molecule has 2 aromatic heterocycles. The van der Waals surface area contributed by atoms with E-state index in [1.54, 1.807) is 15.9 Å². The van der Waals surface area contributed by atoms with Crippen LogP contribution >= 0.6 is 23.1 Å². The molecule has 5 nitrogen and oxygen atoms in total. The third-order valence-corrected chi connectivity index (χ3v) is 7.80. The van der Waals surface area contributed by atoms with Crippen LogP contribution in [0.25, 0.3) is 15.9 Å². The smallest absolute Gasteiger partial charge is 0.267 e. The van der Waals surface area contributed by atoms with Crippen LogP contribution in [0, 0.1) is 6.92 Å². The quantitative estimate of drug-likeness (QED) is 0.415. The molecule has 0 saturated carbocycles. The van der Waals surface area contributed by atoms with Crippen molar-refractivity contribution in [3.63, 3.8) is 0 Å². The van der Waals surface area contributed by atoms with Crippen LogP contribution in [0.4, 0.5) is 0 Å². The van der Waals surface area contributed by atoms with Crippen molar-refractivity contribution in [2.24, 2.45) is 0 Å². The summed E-state index contributed by atoms with van der Waals surface area (Å²) in [7, 11) is 0. The molecule has 158 valence electrons. The van der Waals surface area contributed by atoms with Crippen molar-refractivity contribution < 1.29 is 4.79 Å². The van der Waals surface area contributed by atoms with E-state index in [0.717, 1.165) is 40.7 Å². The predicted molar refractivity (Wildman–Crippen MR) is 125 cm³/mol. The molecule has 3 aromatic rings. The van der Waals surface area contributed by atoms with E-state index in [1.807, 2.05) is 49.9 Å². The van der Waals surface area contributed by atoms with Gasteiger partial charge in [-0.25, -0.2) is 4.98 Å². The highest BCUT2D eigenvalue weighted by Gasteiger charge is 2.23. The van der Waals surface area contributed by atoms with Gasteiger partial charge >= 0.3 is 0 Å². The molecule has 1 amide bonds. The number of carbonyl (C=O) groups excluding carboxylic acids is 1. The average molecular weight is 442 g/mol. The number of aromatic nitrogens is 2. The van der Waals surface area contributed by atoms with Gasteiger partial charge in [-0.3, -0.25) is 14.2 Å². The molecule has 30 heavy (non-hydrogen) atoms. The fraction of sp³-hybridized carbons (Fsp3) is 0.435. The van der Waals surface area contributed by atoms with Crippen LogP contribution in [0.2, 0.25) is 0 Å². The molecule has 0 N–H and O–H groups in total. The number of thioether (sulfide) groups is 1. The van der Waals surface area contributed by atoms with E-state index in [0.29, 0.717) is 18.2 Å². The van der Waals surface area contributed by atoms with Gasteiger partial charge in [-0.05, 0) is 64.2 Å². The maximum absolute atomic E-state index is 13.7. The molecule has 1 aliphatic rings. The third kappa shape index (κ3) is 3.93. The first-order valence-corrected chi connectivity index (χ1v) is 12.4. The molecular weight excluding hydrogens is 414 g/mol. The molecular formula is C23H27N3O2S2. The number of benzene rings is 1. The van der Waals surface area contributed by atoms with Crippen molar-refractivity contribution in [1.82, 2.24) is 14.5 Å². The number of hydrogen-bond acceptors (Lipinski definition) is 5. The Morgan fingerprint density at radius 3 is 2.57 bits per heavy atom. The number of amides is 1. The number of thiophene rings is 1. The second-order valence-corrected chi connectivity index (χ2v) is 9.64. The standard InChI is InChI=1S/C23H27N3O2S2/c1-4-25(5-2)19(27)14-29-23-24-21-20(17-8-6-7-9-18(17)30-21)22(28)26(23)16-12-10-15(3)11-13-16/h10-13H,4-9,14H2,1-3H3. The number of hydrogen-bond donors (Lipinski definition) is 0. The first-order chi connectivity index (χ1) is 14.5. The van der Waals surface area contributed by atoms with Crippen molar-refractivity contribution in [2.75, 3.05) is 18.8 Å². The van der Waals surface area contributed by atoms with E-state index in [9.17, 15) is 9.59 Å². The Hall–Kier alpha value is -2.12. The summed E-state index contributed by atoms with van der Waals surface area (Å²) < 4.78 is 1.70. The van der Waals surface area contributed by atoms with Gasteiger partial charge in [0.15, 0.2) is 5.16 Å². The highest BCUT2D eigenvalue weighted by atomic mass is 32.2. The summed E-state index contributed by atoms with van der Waals surface area (Å²) in [5.41, 5.74) is 3.12. The lowest BCUT2D eigenvalue weighted by atomic mass is 9.97. The molecule has 4 rings (SSSR count). The Bertz CT molecular complexity index is 1130. The van der Waals surface area contributed by atoms with Crippen LogP contribution in [0.5, 0.6) is 0 Å². The molecule has 0 unspecified atom stereocenters. The van der Waals surface area contributed by atoms with Crippen LogP contribution in [-0.4, -0.2) is 39.2 Å². The Kier molecular flexibility index (Phi) is 6.29. The number of nitrogens with zero attached hydrogens (tertiary/aromatic N) is 3. The summed E-state index contributed by atoms with van der Waals surface area (Å²) in [6.07, 6.45) is 4.28. The summed E-state index contributed by atoms with van der Waals surface area (Å²) in [5, 5.41) is 1.37. The largest absolute Gasteiger partial charge is 0.343 e. The molecule has 2 heterocycles. The van der Waals surface area contributed by atoms with Crippen LogP contribution < -0.4 is 5.56 Å². The summed E-state index contributed by atoms with van der Waals surface area (Å²) in [6.45, 7) is 7.36. The summed E-state index contributed by atoms with van der Waals surface area (Å²) >= 11 is 3.01. The van der Waals surface area contributed by atoms with Gasteiger partial charge in [-0.2, -0.15) is 0 Å². The minimum atomic E-state index is -0.0129. The number of aryl methyl sites for hydroxylation is 3. The molecule has 1 aliphatic carbocycles. The molecule has 0 bridgehead atoms. The first-order valence-electron chi connectivity index (χ1n) is 10.6. The van der Waals surface area contributed by atoms with Crippen LogP contribution in [0.1, 0.15) is 42.7 Å². The monoisotopic (exact) mass is 441 g/mol. The minimum Gasteiger partial charge on any atom is -0.343 e. The molecule has 0 atom stereocenters. The lowest BCUT2D eigenvalue weighted by Crippen LogP contribution is -2.32. The maximum atomic E-state index is 13.7. The lowest BCUT2D eigenvalue weighted by molar-refractivity contribution is -0.127. The van der Waals surface area contributed by atoms with Crippen LogP contribution in [0.3, 0.4) is 0 Å². The van der Waals surface area contributed by atoms with Gasteiger partial charge in [0.25, 0.3) is 5.56 Å². The molecule has 0 spiro atoms. The normalized spacial score (nSPS) is 13.4. The van der Waals surface area contributed by atoms with E-state index in [1.165, 1.54) is 28.6 Å². The van der Waals surface area contributed by atoms with Gasteiger partial charge in [0.1, 0.15) is 4.83 Å². The van der Waals surface area contributed by atoms with E-state index < -0.39 is 0 Å². The van der Waals surface area contributed by atoms with E-state index in [4.69, 9.17) is 4.98 Å². The maximum Gasteiger partial charge on any atom is 0.267 e. The fourth-order valence-electron chi connectivity index (χ4n) is 4.00. The molecule has 1 aromatic carbocycles. The number of fused-ring (bicyclic) bond motifs is 3. The van der Waals surface area contributed by atoms with Gasteiger partial charge in [0, 0.05) is 18.0 Å². The highest BCUT2D eigenvalue weighted by Crippen LogP contribution is 2.35. The molecule has 0 fully saturated rings. The van der Waals surface area contributed by atoms with E-state index in [-0.39, 0.29) is 17.2 Å². The van der Waals surface area contributed by atoms with Crippen molar-refractivity contribution in [3.8, 4) is 5.69 Å². The van der Waals surface area contributed by atoms with E-state index >= 15 is 0 Å². The minimum absolute atomic E-state index is 0.0129. The van der Waals surface area contributed by atoms with Gasteiger partial charge in [-0.1, -0.05) is 29.5 Å². The zero-order chi connectivity index (χ0) is 21.3. The Labute approximate surface area is 185 Å². The molecule has 0 radical (unpaired) electrons. The zero-order valence-electron chi connectivity index (χ0n) is 17.7. The Morgan fingerprint density at radius 2 is 1.87 bits per heavy atom. The second-order valence-electron chi connectivity index (χ2n) is 7.62. The summed E-state index contributed by atoms with van der Waals surface area (Å²) in [6, 6.07) is 7.92. The van der Waals surface area contributed by atoms with Gasteiger partial charge in [0.2, 0.25) is 5.91 Å². The second kappa shape index (κ2) is 8.94. The van der Waals surface area contributed by atoms with Crippen molar-refractivity contribution in [3.05, 3.63) is 50.6 Å². The topological polar surface area (TPSA) is 55.2 Å². The number of rotatable bonds is 6. The molecule has 0 saturated heterocycles. The first kappa shape index (κ1) is 21.1. The SMILES string of the molecule is CCN(CC)C(=O)CSc1nc2sc3c(c2c(=O)n1-c1ccc(C)cc1)CCCC3. The summed E-state index contributed by atoms with van der Waals surface area (Å²) in [5.74, 6) is 0.344. The van der Waals surface area contributed by atoms with Gasteiger partial charge in [0.05, 0.1) is 16.8 Å². The number of carbonyl (C=O) groups is 1. The van der Waals surface area contributed by atoms with Crippen molar-refractivity contribution >= 4 is 39.2 Å². The van der Waals surface area contributed by atoms with Crippen molar-refractivity contribution in [1.29, 1.82) is 0 Å². The van der Waals surface area contributed by atoms with Crippen molar-refractivity contribution in [2.45, 2.75) is 51.6 Å². The van der Waals surface area contributed by atoms with E-state index in [2.05, 4.69) is 0 Å². The zero-order valence-corrected chi connectivity index (χ0v) is 19.4. The molecule has 0 aliphatic heterocycles. The van der Waals surface area contributed by atoms with Crippen LogP contribution in [0.15, 0.2) is 34.2 Å². The summed E-state index contributed by atoms with van der Waals surface area (Å²) in [4.78, 5) is 35.1. The average Bonchev–Trinajstić information content (AvgIpc) is 3.13. The van der Waals surface area contributed by atoms with Gasteiger partial charge in [-0.15, -0.1) is 11.3 Å². The van der Waals surface area contributed by atoms with Gasteiger partial charge < -0.3 is 4.90 Å². The highest BCUT2D eigenvalue weighted by molar-refractivity contribution is 7.99. The Balaban J connectivity index is 1.83. The fourth-order valence-corrected chi connectivity index (χ4v) is 6.22.